The maximum absolute atomic E-state index is 12.6. The molecule has 2 heterocycles. The van der Waals surface area contributed by atoms with Crippen molar-refractivity contribution in [3.05, 3.63) is 52.8 Å². The predicted molar refractivity (Wildman–Crippen MR) is 96.1 cm³/mol. The Labute approximate surface area is 144 Å². The van der Waals surface area contributed by atoms with Crippen molar-refractivity contribution in [1.82, 2.24) is 9.97 Å². The van der Waals surface area contributed by atoms with Crippen LogP contribution in [-0.4, -0.2) is 23.1 Å². The second-order valence-corrected chi connectivity index (χ2v) is 9.98. The van der Waals surface area contributed by atoms with Crippen molar-refractivity contribution < 1.29 is 8.42 Å². The van der Waals surface area contributed by atoms with Crippen molar-refractivity contribution in [3.63, 3.8) is 0 Å². The predicted octanol–water partition coefficient (Wildman–Crippen LogP) is 3.29. The van der Waals surface area contributed by atoms with Crippen LogP contribution in [0.1, 0.15) is 20.8 Å². The quantitative estimate of drug-likeness (QED) is 0.701. The molecule has 7 heteroatoms. The van der Waals surface area contributed by atoms with Crippen LogP contribution in [-0.2, 0) is 9.84 Å². The maximum atomic E-state index is 12.6. The van der Waals surface area contributed by atoms with Crippen LogP contribution in [0.25, 0.3) is 20.8 Å². The molecule has 2 aromatic heterocycles. The summed E-state index contributed by atoms with van der Waals surface area (Å²) in [6, 6.07) is 11.9. The van der Waals surface area contributed by atoms with Gasteiger partial charge < -0.3 is 0 Å². The smallest absolute Gasteiger partial charge is 0.267 e. The lowest BCUT2D eigenvalue weighted by Gasteiger charge is -2.18. The first kappa shape index (κ1) is 16.7. The zero-order valence-corrected chi connectivity index (χ0v) is 15.1. The molecule has 0 fully saturated rings. The van der Waals surface area contributed by atoms with Gasteiger partial charge in [0.2, 0.25) is 0 Å². The zero-order chi connectivity index (χ0) is 17.5. The first-order valence-electron chi connectivity index (χ1n) is 7.32. The molecule has 0 N–H and O–H groups in total. The highest BCUT2D eigenvalue weighted by Crippen LogP contribution is 2.28. The van der Waals surface area contributed by atoms with Gasteiger partial charge >= 0.3 is 0 Å². The molecule has 0 aliphatic heterocycles. The van der Waals surface area contributed by atoms with Gasteiger partial charge in [0.25, 0.3) is 5.56 Å². The number of rotatable bonds is 2. The molecule has 3 rings (SSSR count). The van der Waals surface area contributed by atoms with Crippen LogP contribution < -0.4 is 5.56 Å². The van der Waals surface area contributed by atoms with E-state index in [2.05, 4.69) is 9.97 Å². The SMILES string of the molecule is CC(C)(C)S(=O)(=O)c1cccc(-c2nc(=O)c3ccccc3s2)n1. The van der Waals surface area contributed by atoms with E-state index in [-0.39, 0.29) is 10.6 Å². The van der Waals surface area contributed by atoms with E-state index in [1.165, 1.54) is 17.4 Å². The van der Waals surface area contributed by atoms with Crippen molar-refractivity contribution in [1.29, 1.82) is 0 Å². The highest BCUT2D eigenvalue weighted by molar-refractivity contribution is 7.92. The summed E-state index contributed by atoms with van der Waals surface area (Å²) in [7, 11) is -3.57. The molecule has 24 heavy (non-hydrogen) atoms. The van der Waals surface area contributed by atoms with Gasteiger partial charge in [-0.3, -0.25) is 4.79 Å². The van der Waals surface area contributed by atoms with Crippen molar-refractivity contribution in [2.75, 3.05) is 0 Å². The minimum Gasteiger partial charge on any atom is -0.267 e. The van der Waals surface area contributed by atoms with Gasteiger partial charge in [-0.25, -0.2) is 13.4 Å². The average Bonchev–Trinajstić information content (AvgIpc) is 2.54. The van der Waals surface area contributed by atoms with E-state index in [9.17, 15) is 13.2 Å². The summed E-state index contributed by atoms with van der Waals surface area (Å²) >= 11 is 1.31. The minimum atomic E-state index is -3.57. The highest BCUT2D eigenvalue weighted by atomic mass is 32.2. The van der Waals surface area contributed by atoms with Gasteiger partial charge in [-0.15, -0.1) is 11.3 Å². The molecular formula is C17H16N2O3S2. The summed E-state index contributed by atoms with van der Waals surface area (Å²) in [5, 5.41) is 0.941. The van der Waals surface area contributed by atoms with Crippen LogP contribution in [0, 0.1) is 0 Å². The molecule has 3 aromatic rings. The number of pyridine rings is 1. The van der Waals surface area contributed by atoms with Crippen LogP contribution in [0.2, 0.25) is 0 Å². The van der Waals surface area contributed by atoms with Crippen LogP contribution in [0.4, 0.5) is 0 Å². The van der Waals surface area contributed by atoms with Crippen molar-refractivity contribution >= 4 is 31.3 Å². The lowest BCUT2D eigenvalue weighted by molar-refractivity contribution is 0.556. The van der Waals surface area contributed by atoms with Crippen molar-refractivity contribution in [3.8, 4) is 10.7 Å². The molecule has 0 aliphatic rings. The Morgan fingerprint density at radius 2 is 1.67 bits per heavy atom. The Morgan fingerprint density at radius 3 is 2.38 bits per heavy atom. The Morgan fingerprint density at radius 1 is 0.958 bits per heavy atom. The number of hydrogen-bond donors (Lipinski definition) is 0. The van der Waals surface area contributed by atoms with Crippen LogP contribution in [0.15, 0.2) is 52.3 Å². The van der Waals surface area contributed by atoms with Crippen LogP contribution in [0.5, 0.6) is 0 Å². The number of fused-ring (bicyclic) bond motifs is 1. The van der Waals surface area contributed by atoms with Gasteiger partial charge in [-0.05, 0) is 45.0 Å². The normalized spacial score (nSPS) is 12.5. The van der Waals surface area contributed by atoms with E-state index in [4.69, 9.17) is 0 Å². The number of benzene rings is 1. The first-order chi connectivity index (χ1) is 11.2. The fourth-order valence-corrected chi connectivity index (χ4v) is 4.19. The molecule has 0 spiro atoms. The fraction of sp³-hybridized carbons (Fsp3) is 0.235. The summed E-state index contributed by atoms with van der Waals surface area (Å²) in [4.78, 5) is 20.5. The molecule has 0 amide bonds. The second-order valence-electron chi connectivity index (χ2n) is 6.30. The Bertz CT molecular complexity index is 1080. The van der Waals surface area contributed by atoms with Gasteiger partial charge in [0, 0.05) is 4.70 Å². The number of aromatic nitrogens is 2. The molecule has 0 radical (unpaired) electrons. The van der Waals surface area contributed by atoms with Gasteiger partial charge in [0.1, 0.15) is 10.7 Å². The third-order valence-corrected chi connectivity index (χ3v) is 7.01. The summed E-state index contributed by atoms with van der Waals surface area (Å²) in [5.41, 5.74) is 0.0402. The average molecular weight is 360 g/mol. The molecule has 0 atom stereocenters. The molecule has 1 aromatic carbocycles. The summed E-state index contributed by atoms with van der Waals surface area (Å²) < 4.78 is 25.0. The van der Waals surface area contributed by atoms with Crippen molar-refractivity contribution in [2.24, 2.45) is 0 Å². The maximum Gasteiger partial charge on any atom is 0.279 e. The molecule has 124 valence electrons. The lowest BCUT2D eigenvalue weighted by Crippen LogP contribution is -2.28. The first-order valence-corrected chi connectivity index (χ1v) is 9.62. The monoisotopic (exact) mass is 360 g/mol. The second kappa shape index (κ2) is 5.75. The Balaban J connectivity index is 2.19. The molecular weight excluding hydrogens is 344 g/mol. The molecule has 5 nitrogen and oxygen atoms in total. The lowest BCUT2D eigenvalue weighted by atomic mass is 10.3. The topological polar surface area (TPSA) is 77.0 Å². The van der Waals surface area contributed by atoms with Gasteiger partial charge in [0.15, 0.2) is 14.9 Å². The van der Waals surface area contributed by atoms with Gasteiger partial charge in [0.05, 0.1) is 10.1 Å². The zero-order valence-electron chi connectivity index (χ0n) is 13.5. The molecule has 0 saturated carbocycles. The van der Waals surface area contributed by atoms with E-state index in [0.717, 1.165) is 4.70 Å². The number of nitrogens with zero attached hydrogens (tertiary/aromatic N) is 2. The van der Waals surface area contributed by atoms with Gasteiger partial charge in [-0.2, -0.15) is 4.98 Å². The Hall–Kier alpha value is -2.12. The Kier molecular flexibility index (Phi) is 4.01. The third-order valence-electron chi connectivity index (χ3n) is 3.55. The van der Waals surface area contributed by atoms with Crippen LogP contribution >= 0.6 is 11.3 Å². The van der Waals surface area contributed by atoms with Gasteiger partial charge in [-0.1, -0.05) is 18.2 Å². The van der Waals surface area contributed by atoms with E-state index < -0.39 is 14.6 Å². The standard InChI is InChI=1S/C17H16N2O3S2/c1-17(2,3)24(21,22)14-10-6-8-12(18-14)16-19-15(20)11-7-4-5-9-13(11)23-16/h4-10H,1-3H3. The summed E-state index contributed by atoms with van der Waals surface area (Å²) in [5.74, 6) is 0. The van der Waals surface area contributed by atoms with Crippen LogP contribution in [0.3, 0.4) is 0 Å². The van der Waals surface area contributed by atoms with E-state index in [1.54, 1.807) is 45.0 Å². The molecule has 0 bridgehead atoms. The number of hydrogen-bond acceptors (Lipinski definition) is 6. The molecule has 0 unspecified atom stereocenters. The summed E-state index contributed by atoms with van der Waals surface area (Å²) in [6.07, 6.45) is 0. The largest absolute Gasteiger partial charge is 0.279 e. The van der Waals surface area contributed by atoms with Crippen molar-refractivity contribution in [2.45, 2.75) is 30.5 Å². The number of sulfone groups is 1. The fourth-order valence-electron chi connectivity index (χ4n) is 2.12. The van der Waals surface area contributed by atoms with E-state index in [1.807, 2.05) is 12.1 Å². The molecule has 0 saturated heterocycles. The molecule has 0 aliphatic carbocycles. The van der Waals surface area contributed by atoms with E-state index >= 15 is 0 Å². The summed E-state index contributed by atoms with van der Waals surface area (Å²) in [6.45, 7) is 4.88. The van der Waals surface area contributed by atoms with E-state index in [0.29, 0.717) is 16.1 Å². The minimum absolute atomic E-state index is 0.0119. The highest BCUT2D eigenvalue weighted by Gasteiger charge is 2.32. The third kappa shape index (κ3) is 2.85.